The van der Waals surface area contributed by atoms with Crippen molar-refractivity contribution in [2.24, 2.45) is 5.73 Å². The molecule has 1 aliphatic heterocycles. The maximum absolute atomic E-state index is 5.89. The molecular weight excluding hydrogens is 256 g/mol. The number of morpholine rings is 1. The third kappa shape index (κ3) is 2.90. The average molecular weight is 278 g/mol. The number of aryl methyl sites for hydroxylation is 1. The molecule has 0 amide bonds. The molecule has 0 bridgehead atoms. The van der Waals surface area contributed by atoms with Crippen LogP contribution in [-0.4, -0.2) is 30.3 Å². The van der Waals surface area contributed by atoms with Crippen molar-refractivity contribution in [3.63, 3.8) is 0 Å². The lowest BCUT2D eigenvalue weighted by Gasteiger charge is -2.41. The van der Waals surface area contributed by atoms with Gasteiger partial charge in [-0.15, -0.1) is 0 Å². The molecule has 1 aromatic carbocycles. The molecule has 2 rings (SSSR count). The predicted molar refractivity (Wildman–Crippen MR) is 83.9 cm³/mol. The molecule has 1 aliphatic rings. The zero-order valence-corrected chi connectivity index (χ0v) is 12.7. The lowest BCUT2D eigenvalue weighted by atomic mass is 10.0. The molecule has 2 N–H and O–H groups in total. The second-order valence-corrected chi connectivity index (χ2v) is 5.63. The molecular formula is C15H22N2OS. The number of para-hydroxylation sites is 1. The SMILES string of the molecule is CCC1COC(C)CN1c1c(C)cccc1C(N)=S. The summed E-state index contributed by atoms with van der Waals surface area (Å²) in [5.74, 6) is 0. The van der Waals surface area contributed by atoms with Crippen molar-refractivity contribution in [3.8, 4) is 0 Å². The molecule has 1 heterocycles. The number of anilines is 1. The average Bonchev–Trinajstić information content (AvgIpc) is 2.38. The van der Waals surface area contributed by atoms with E-state index < -0.39 is 0 Å². The number of nitrogens with zero attached hydrogens (tertiary/aromatic N) is 1. The van der Waals surface area contributed by atoms with E-state index in [1.165, 1.54) is 11.3 Å². The van der Waals surface area contributed by atoms with Gasteiger partial charge in [0.2, 0.25) is 0 Å². The molecule has 2 unspecified atom stereocenters. The van der Waals surface area contributed by atoms with Crippen molar-refractivity contribution < 1.29 is 4.74 Å². The number of thiocarbonyl (C=S) groups is 1. The number of ether oxygens (including phenoxy) is 1. The van der Waals surface area contributed by atoms with Crippen molar-refractivity contribution in [1.29, 1.82) is 0 Å². The minimum absolute atomic E-state index is 0.238. The van der Waals surface area contributed by atoms with Gasteiger partial charge in [0.25, 0.3) is 0 Å². The minimum Gasteiger partial charge on any atom is -0.389 e. The standard InChI is InChI=1S/C15H22N2OS/c1-4-12-9-18-11(3)8-17(12)14-10(2)6-5-7-13(14)15(16)19/h5-7,11-12H,4,8-9H2,1-3H3,(H2,16,19). The number of nitrogens with two attached hydrogens (primary N) is 1. The van der Waals surface area contributed by atoms with E-state index in [-0.39, 0.29) is 6.10 Å². The van der Waals surface area contributed by atoms with Gasteiger partial charge in [-0.2, -0.15) is 0 Å². The fourth-order valence-corrected chi connectivity index (χ4v) is 2.86. The van der Waals surface area contributed by atoms with Gasteiger partial charge in [0.15, 0.2) is 0 Å². The Labute approximate surface area is 120 Å². The third-order valence-electron chi connectivity index (χ3n) is 3.73. The fraction of sp³-hybridized carbons (Fsp3) is 0.533. The highest BCUT2D eigenvalue weighted by Gasteiger charge is 2.28. The smallest absolute Gasteiger partial charge is 0.106 e. The quantitative estimate of drug-likeness (QED) is 0.863. The van der Waals surface area contributed by atoms with Crippen LogP contribution in [0.2, 0.25) is 0 Å². The van der Waals surface area contributed by atoms with Crippen LogP contribution in [-0.2, 0) is 4.74 Å². The lowest BCUT2D eigenvalue weighted by molar-refractivity contribution is 0.0299. The van der Waals surface area contributed by atoms with Crippen LogP contribution in [0.25, 0.3) is 0 Å². The topological polar surface area (TPSA) is 38.5 Å². The Bertz CT molecular complexity index is 475. The van der Waals surface area contributed by atoms with E-state index >= 15 is 0 Å². The van der Waals surface area contributed by atoms with E-state index in [1.54, 1.807) is 0 Å². The van der Waals surface area contributed by atoms with E-state index in [0.717, 1.165) is 25.1 Å². The molecule has 2 atom stereocenters. The maximum atomic E-state index is 5.89. The normalized spacial score (nSPS) is 23.4. The first-order valence-electron chi connectivity index (χ1n) is 6.82. The summed E-state index contributed by atoms with van der Waals surface area (Å²) in [4.78, 5) is 2.88. The maximum Gasteiger partial charge on any atom is 0.106 e. The van der Waals surface area contributed by atoms with Gasteiger partial charge in [-0.25, -0.2) is 0 Å². The van der Waals surface area contributed by atoms with E-state index in [0.29, 0.717) is 11.0 Å². The van der Waals surface area contributed by atoms with Gasteiger partial charge in [-0.1, -0.05) is 31.3 Å². The molecule has 0 radical (unpaired) electrons. The van der Waals surface area contributed by atoms with Crippen LogP contribution in [0.3, 0.4) is 0 Å². The second-order valence-electron chi connectivity index (χ2n) is 5.19. The van der Waals surface area contributed by atoms with Crippen molar-refractivity contribution >= 4 is 22.9 Å². The first-order valence-corrected chi connectivity index (χ1v) is 7.23. The molecule has 0 aromatic heterocycles. The molecule has 1 saturated heterocycles. The first-order chi connectivity index (χ1) is 9.04. The van der Waals surface area contributed by atoms with Gasteiger partial charge in [0, 0.05) is 12.1 Å². The van der Waals surface area contributed by atoms with Crippen molar-refractivity contribution in [3.05, 3.63) is 29.3 Å². The number of hydrogen-bond acceptors (Lipinski definition) is 3. The van der Waals surface area contributed by atoms with Gasteiger partial charge in [-0.05, 0) is 31.9 Å². The van der Waals surface area contributed by atoms with E-state index in [4.69, 9.17) is 22.7 Å². The number of benzene rings is 1. The molecule has 0 saturated carbocycles. The van der Waals surface area contributed by atoms with Crippen LogP contribution in [0.15, 0.2) is 18.2 Å². The van der Waals surface area contributed by atoms with Crippen LogP contribution >= 0.6 is 12.2 Å². The molecule has 104 valence electrons. The second kappa shape index (κ2) is 5.88. The molecule has 1 aromatic rings. The molecule has 19 heavy (non-hydrogen) atoms. The number of rotatable bonds is 3. The molecule has 1 fully saturated rings. The summed E-state index contributed by atoms with van der Waals surface area (Å²) >= 11 is 5.20. The van der Waals surface area contributed by atoms with Crippen LogP contribution in [0.1, 0.15) is 31.4 Å². The fourth-order valence-electron chi connectivity index (χ4n) is 2.70. The first kappa shape index (κ1) is 14.3. The summed E-state index contributed by atoms with van der Waals surface area (Å²) in [6.45, 7) is 8.07. The van der Waals surface area contributed by atoms with E-state index in [2.05, 4.69) is 31.7 Å². The van der Waals surface area contributed by atoms with Gasteiger partial charge in [-0.3, -0.25) is 0 Å². The molecule has 3 nitrogen and oxygen atoms in total. The summed E-state index contributed by atoms with van der Waals surface area (Å²) in [7, 11) is 0. The van der Waals surface area contributed by atoms with Gasteiger partial charge < -0.3 is 15.4 Å². The summed E-state index contributed by atoms with van der Waals surface area (Å²) < 4.78 is 5.77. The zero-order chi connectivity index (χ0) is 14.0. The highest BCUT2D eigenvalue weighted by atomic mass is 32.1. The Morgan fingerprint density at radius 3 is 2.89 bits per heavy atom. The summed E-state index contributed by atoms with van der Waals surface area (Å²) in [6.07, 6.45) is 1.29. The van der Waals surface area contributed by atoms with E-state index in [1.807, 2.05) is 12.1 Å². The van der Waals surface area contributed by atoms with Crippen molar-refractivity contribution in [1.82, 2.24) is 0 Å². The van der Waals surface area contributed by atoms with Crippen LogP contribution in [0.4, 0.5) is 5.69 Å². The monoisotopic (exact) mass is 278 g/mol. The molecule has 0 spiro atoms. The Hall–Kier alpha value is -1.13. The zero-order valence-electron chi connectivity index (χ0n) is 11.8. The Morgan fingerprint density at radius 1 is 1.53 bits per heavy atom. The molecule has 4 heteroatoms. The van der Waals surface area contributed by atoms with Crippen LogP contribution in [0.5, 0.6) is 0 Å². The third-order valence-corrected chi connectivity index (χ3v) is 3.95. The lowest BCUT2D eigenvalue weighted by Crippen LogP contribution is -2.49. The minimum atomic E-state index is 0.238. The Balaban J connectivity index is 2.46. The van der Waals surface area contributed by atoms with Crippen molar-refractivity contribution in [2.45, 2.75) is 39.3 Å². The highest BCUT2D eigenvalue weighted by molar-refractivity contribution is 7.80. The number of hydrogen-bond donors (Lipinski definition) is 1. The van der Waals surface area contributed by atoms with Gasteiger partial charge in [0.1, 0.15) is 4.99 Å². The highest BCUT2D eigenvalue weighted by Crippen LogP contribution is 2.30. The van der Waals surface area contributed by atoms with Crippen molar-refractivity contribution in [2.75, 3.05) is 18.1 Å². The van der Waals surface area contributed by atoms with E-state index in [9.17, 15) is 0 Å². The van der Waals surface area contributed by atoms with Crippen LogP contribution < -0.4 is 10.6 Å². The van der Waals surface area contributed by atoms with Gasteiger partial charge in [0.05, 0.1) is 24.4 Å². The van der Waals surface area contributed by atoms with Crippen LogP contribution in [0, 0.1) is 6.92 Å². The molecule has 0 aliphatic carbocycles. The Morgan fingerprint density at radius 2 is 2.26 bits per heavy atom. The largest absolute Gasteiger partial charge is 0.389 e. The summed E-state index contributed by atoms with van der Waals surface area (Å²) in [6, 6.07) is 6.53. The predicted octanol–water partition coefficient (Wildman–Crippen LogP) is 2.63. The Kier molecular flexibility index (Phi) is 4.42. The summed E-state index contributed by atoms with van der Waals surface area (Å²) in [5, 5.41) is 0. The summed E-state index contributed by atoms with van der Waals surface area (Å²) in [5.41, 5.74) is 9.26. The van der Waals surface area contributed by atoms with Gasteiger partial charge >= 0.3 is 0 Å².